The van der Waals surface area contributed by atoms with E-state index < -0.39 is 28.5 Å². The Kier molecular flexibility index (Phi) is 8.84. The van der Waals surface area contributed by atoms with Crippen LogP contribution in [0.25, 0.3) is 11.0 Å². The molecule has 0 saturated carbocycles. The average Bonchev–Trinajstić information content (AvgIpc) is 3.28. The second-order valence-corrected chi connectivity index (χ2v) is 12.3. The van der Waals surface area contributed by atoms with Crippen molar-refractivity contribution >= 4 is 32.5 Å². The highest BCUT2D eigenvalue weighted by atomic mass is 32.2. The van der Waals surface area contributed by atoms with Gasteiger partial charge in [-0.3, -0.25) is 4.79 Å². The third kappa shape index (κ3) is 7.51. The number of amides is 1. The van der Waals surface area contributed by atoms with E-state index in [-0.39, 0.29) is 40.0 Å². The molecule has 1 aliphatic rings. The number of piperidine rings is 1. The van der Waals surface area contributed by atoms with Crippen LogP contribution in [0.4, 0.5) is 18.9 Å². The molecule has 1 fully saturated rings. The number of benzene rings is 2. The van der Waals surface area contributed by atoms with Crippen LogP contribution in [0.5, 0.6) is 5.75 Å². The van der Waals surface area contributed by atoms with Crippen molar-refractivity contribution in [3.63, 3.8) is 0 Å². The Balaban J connectivity index is 1.63. The van der Waals surface area contributed by atoms with Gasteiger partial charge in [0.2, 0.25) is 0 Å². The van der Waals surface area contributed by atoms with Crippen LogP contribution in [0.15, 0.2) is 41.6 Å². The van der Waals surface area contributed by atoms with Crippen molar-refractivity contribution < 1.29 is 31.1 Å². The monoisotopic (exact) mass is 591 g/mol. The first kappa shape index (κ1) is 30.2. The fourth-order valence-corrected chi connectivity index (χ4v) is 5.53. The Morgan fingerprint density at radius 3 is 2.66 bits per heavy atom. The van der Waals surface area contributed by atoms with Crippen LogP contribution in [-0.4, -0.2) is 81.0 Å². The molecule has 0 bridgehead atoms. The van der Waals surface area contributed by atoms with E-state index in [0.717, 1.165) is 36.7 Å². The fourth-order valence-electron chi connectivity index (χ4n) is 4.88. The zero-order valence-electron chi connectivity index (χ0n) is 23.2. The number of fused-ring (bicyclic) bond motifs is 1. The molecule has 220 valence electrons. The number of nitrogens with one attached hydrogen (secondary N) is 2. The average molecular weight is 592 g/mol. The molecule has 0 radical (unpaired) electrons. The molecule has 1 aliphatic heterocycles. The summed E-state index contributed by atoms with van der Waals surface area (Å²) < 4.78 is 69.9. The van der Waals surface area contributed by atoms with Crippen LogP contribution in [-0.2, 0) is 16.4 Å². The van der Waals surface area contributed by atoms with Gasteiger partial charge in [0.15, 0.2) is 9.84 Å². The molecular weight excluding hydrogens is 559 g/mol. The number of methoxy groups -OCH3 is 1. The number of sulfone groups is 1. The number of imidazole rings is 1. The van der Waals surface area contributed by atoms with Gasteiger partial charge < -0.3 is 24.8 Å². The van der Waals surface area contributed by atoms with E-state index in [4.69, 9.17) is 4.74 Å². The number of carbonyl (C=O) groups excluding carboxylic acids is 1. The smallest absolute Gasteiger partial charge is 0.406 e. The summed E-state index contributed by atoms with van der Waals surface area (Å²) in [6.45, 7) is 2.49. The maximum atomic E-state index is 13.4. The number of rotatable bonds is 7. The molecule has 2 atom stereocenters. The normalized spacial score (nSPS) is 18.0. The predicted molar refractivity (Wildman–Crippen MR) is 150 cm³/mol. The first-order valence-electron chi connectivity index (χ1n) is 12.9. The van der Waals surface area contributed by atoms with Crippen molar-refractivity contribution in [2.75, 3.05) is 45.4 Å². The number of halogens is 3. The van der Waals surface area contributed by atoms with Crippen LogP contribution in [0, 0.1) is 17.8 Å². The first-order chi connectivity index (χ1) is 19.2. The molecule has 1 aromatic heterocycles. The molecule has 0 aliphatic carbocycles. The number of nitrogens with zero attached hydrogens (tertiary/aromatic N) is 3. The highest BCUT2D eigenvalue weighted by Gasteiger charge is 2.30. The van der Waals surface area contributed by atoms with Gasteiger partial charge in [0.25, 0.3) is 5.91 Å². The van der Waals surface area contributed by atoms with Crippen LogP contribution >= 0.6 is 0 Å². The lowest BCUT2D eigenvalue weighted by molar-refractivity contribution is -0.139. The minimum atomic E-state index is -4.48. The topological polar surface area (TPSA) is 106 Å². The summed E-state index contributed by atoms with van der Waals surface area (Å²) in [4.78, 5) is 19.8. The maximum absolute atomic E-state index is 13.4. The zero-order valence-corrected chi connectivity index (χ0v) is 24.0. The molecule has 2 aromatic carbocycles. The second-order valence-electron chi connectivity index (χ2n) is 10.3. The third-order valence-electron chi connectivity index (χ3n) is 6.94. The van der Waals surface area contributed by atoms with Crippen LogP contribution < -0.4 is 15.4 Å². The van der Waals surface area contributed by atoms with Gasteiger partial charge >= 0.3 is 6.18 Å². The number of likely N-dealkylation sites (tertiary alicyclic amines) is 1. The molecule has 0 spiro atoms. The molecule has 0 unspecified atom stereocenters. The summed E-state index contributed by atoms with van der Waals surface area (Å²) in [5.74, 6) is 5.98. The second kappa shape index (κ2) is 12.0. The number of alkyl halides is 3. The highest BCUT2D eigenvalue weighted by Crippen LogP contribution is 2.28. The largest absolute Gasteiger partial charge is 0.495 e. The number of hydrogen-bond acceptors (Lipinski definition) is 7. The molecular formula is C28H32F3N5O4S. The van der Waals surface area contributed by atoms with Gasteiger partial charge in [-0.1, -0.05) is 18.8 Å². The van der Waals surface area contributed by atoms with Gasteiger partial charge in [0, 0.05) is 24.4 Å². The van der Waals surface area contributed by atoms with E-state index in [2.05, 4.69) is 32.4 Å². The van der Waals surface area contributed by atoms with Gasteiger partial charge in [-0.25, -0.2) is 13.4 Å². The standard InChI is InChI=1S/C28H32F3N5O4S/c1-18-15-35(2)11-9-22(18)34-27(37)21-12-19(13-24-26(21)33-17-36(24)16-28(29,30)31)6-5-10-32-23-14-20(41(4,38)39)7-8-25(23)40-3/h7-8,12-14,17-18,22,32H,9-11,15-16H2,1-4H3,(H,34,37)/t18-,22+/m0/s1. The Morgan fingerprint density at radius 2 is 2.00 bits per heavy atom. The molecule has 1 amide bonds. The molecule has 2 N–H and O–H groups in total. The Hall–Kier alpha value is -3.76. The molecule has 2 heterocycles. The van der Waals surface area contributed by atoms with Crippen molar-refractivity contribution in [2.24, 2.45) is 5.92 Å². The molecule has 41 heavy (non-hydrogen) atoms. The molecule has 4 rings (SSSR count). The van der Waals surface area contributed by atoms with E-state index >= 15 is 0 Å². The fraction of sp³-hybridized carbons (Fsp3) is 0.429. The summed E-state index contributed by atoms with van der Waals surface area (Å²) in [6.07, 6.45) is -1.55. The summed E-state index contributed by atoms with van der Waals surface area (Å²) in [5, 5.41) is 6.05. The van der Waals surface area contributed by atoms with Crippen molar-refractivity contribution in [1.29, 1.82) is 0 Å². The summed E-state index contributed by atoms with van der Waals surface area (Å²) >= 11 is 0. The molecule has 3 aromatic rings. The van der Waals surface area contributed by atoms with E-state index in [0.29, 0.717) is 17.0 Å². The van der Waals surface area contributed by atoms with E-state index in [1.54, 1.807) is 0 Å². The SMILES string of the molecule is COc1ccc(S(C)(=O)=O)cc1NCC#Cc1cc(C(=O)N[C@@H]2CCN(C)C[C@@H]2C)c2ncn(CC(F)(F)F)c2c1. The number of carbonyl (C=O) groups is 1. The number of anilines is 1. The third-order valence-corrected chi connectivity index (χ3v) is 8.05. The van der Waals surface area contributed by atoms with Crippen molar-refractivity contribution in [2.45, 2.75) is 37.0 Å². The quantitative estimate of drug-likeness (QED) is 0.405. The van der Waals surface area contributed by atoms with Gasteiger partial charge in [-0.2, -0.15) is 13.2 Å². The minimum absolute atomic E-state index is 0.0675. The van der Waals surface area contributed by atoms with Gasteiger partial charge in [-0.15, -0.1) is 0 Å². The predicted octanol–water partition coefficient (Wildman–Crippen LogP) is 3.54. The minimum Gasteiger partial charge on any atom is -0.495 e. The summed E-state index contributed by atoms with van der Waals surface area (Å²) in [6, 6.07) is 7.31. The van der Waals surface area contributed by atoms with Crippen LogP contribution in [0.3, 0.4) is 0 Å². The Morgan fingerprint density at radius 1 is 1.24 bits per heavy atom. The number of aromatic nitrogens is 2. The number of ether oxygens (including phenoxy) is 1. The maximum Gasteiger partial charge on any atom is 0.406 e. The number of hydrogen-bond donors (Lipinski definition) is 2. The van der Waals surface area contributed by atoms with Crippen molar-refractivity contribution in [3.8, 4) is 17.6 Å². The lowest BCUT2D eigenvalue weighted by atomic mass is 9.93. The van der Waals surface area contributed by atoms with E-state index in [1.807, 2.05) is 14.0 Å². The molecule has 13 heteroatoms. The van der Waals surface area contributed by atoms with Gasteiger partial charge in [0.1, 0.15) is 17.8 Å². The van der Waals surface area contributed by atoms with Crippen molar-refractivity contribution in [1.82, 2.24) is 19.8 Å². The van der Waals surface area contributed by atoms with Gasteiger partial charge in [-0.05, 0) is 56.3 Å². The Bertz CT molecular complexity index is 1610. The Labute approximate surface area is 237 Å². The lowest BCUT2D eigenvalue weighted by Gasteiger charge is -2.35. The molecule has 1 saturated heterocycles. The highest BCUT2D eigenvalue weighted by molar-refractivity contribution is 7.90. The molecule has 9 nitrogen and oxygen atoms in total. The summed E-state index contributed by atoms with van der Waals surface area (Å²) in [5.41, 5.74) is 1.20. The lowest BCUT2D eigenvalue weighted by Crippen LogP contribution is -2.48. The first-order valence-corrected chi connectivity index (χ1v) is 14.8. The van der Waals surface area contributed by atoms with Crippen molar-refractivity contribution in [3.05, 3.63) is 47.8 Å². The van der Waals surface area contributed by atoms with Crippen LogP contribution in [0.2, 0.25) is 0 Å². The van der Waals surface area contributed by atoms with E-state index in [9.17, 15) is 26.4 Å². The van der Waals surface area contributed by atoms with Gasteiger partial charge in [0.05, 0.1) is 41.6 Å². The summed E-state index contributed by atoms with van der Waals surface area (Å²) in [7, 11) is 0.0171. The zero-order chi connectivity index (χ0) is 29.9. The van der Waals surface area contributed by atoms with E-state index in [1.165, 1.54) is 37.4 Å². The van der Waals surface area contributed by atoms with Crippen LogP contribution in [0.1, 0.15) is 29.3 Å².